The first-order valence-electron chi connectivity index (χ1n) is 8.74. The van der Waals surface area contributed by atoms with Gasteiger partial charge in [0.2, 0.25) is 5.91 Å². The molecule has 134 valence electrons. The Morgan fingerprint density at radius 2 is 2.16 bits per heavy atom. The van der Waals surface area contributed by atoms with Gasteiger partial charge in [0.15, 0.2) is 0 Å². The van der Waals surface area contributed by atoms with Crippen LogP contribution in [0.2, 0.25) is 0 Å². The molecule has 1 fully saturated rings. The van der Waals surface area contributed by atoms with Crippen molar-refractivity contribution < 1.29 is 9.32 Å². The molecule has 0 bridgehead atoms. The lowest BCUT2D eigenvalue weighted by atomic mass is 10.1. The lowest BCUT2D eigenvalue weighted by molar-refractivity contribution is -0.132. The second-order valence-corrected chi connectivity index (χ2v) is 6.52. The van der Waals surface area contributed by atoms with E-state index in [2.05, 4.69) is 20.4 Å². The molecule has 3 rings (SSSR count). The van der Waals surface area contributed by atoms with Crippen molar-refractivity contribution in [2.24, 2.45) is 0 Å². The molecule has 7 nitrogen and oxygen atoms in total. The summed E-state index contributed by atoms with van der Waals surface area (Å²) in [5.74, 6) is 2.47. The minimum atomic E-state index is 0.0333. The topological polar surface area (TPSA) is 84.2 Å². The van der Waals surface area contributed by atoms with Gasteiger partial charge in [0.1, 0.15) is 17.4 Å². The third-order valence-electron chi connectivity index (χ3n) is 4.80. The maximum absolute atomic E-state index is 12.8. The summed E-state index contributed by atoms with van der Waals surface area (Å²) in [6.45, 7) is 6.46. The third-order valence-corrected chi connectivity index (χ3v) is 4.80. The van der Waals surface area contributed by atoms with Crippen LogP contribution >= 0.6 is 0 Å². The van der Waals surface area contributed by atoms with Crippen LogP contribution in [-0.4, -0.2) is 39.5 Å². The molecule has 2 aromatic rings. The largest absolute Gasteiger partial charge is 0.373 e. The molecular formula is C18H25N5O2. The van der Waals surface area contributed by atoms with E-state index in [4.69, 9.17) is 4.52 Å². The van der Waals surface area contributed by atoms with Crippen molar-refractivity contribution in [1.29, 1.82) is 0 Å². The van der Waals surface area contributed by atoms with Gasteiger partial charge in [-0.2, -0.15) is 0 Å². The number of carbonyl (C=O) groups is 1. The van der Waals surface area contributed by atoms with Crippen molar-refractivity contribution in [3.63, 3.8) is 0 Å². The van der Waals surface area contributed by atoms with Crippen LogP contribution in [0, 0.1) is 20.8 Å². The van der Waals surface area contributed by atoms with E-state index in [1.54, 1.807) is 0 Å². The van der Waals surface area contributed by atoms with Crippen molar-refractivity contribution >= 4 is 11.7 Å². The second-order valence-electron chi connectivity index (χ2n) is 6.52. The number of aryl methyl sites for hydroxylation is 3. The number of nitrogens with one attached hydrogen (secondary N) is 1. The molecule has 25 heavy (non-hydrogen) atoms. The summed E-state index contributed by atoms with van der Waals surface area (Å²) in [7, 11) is 1.84. The van der Waals surface area contributed by atoms with Crippen molar-refractivity contribution in [2.45, 2.75) is 52.5 Å². The highest BCUT2D eigenvalue weighted by atomic mass is 16.5. The zero-order valence-corrected chi connectivity index (χ0v) is 15.3. The van der Waals surface area contributed by atoms with E-state index in [-0.39, 0.29) is 11.9 Å². The van der Waals surface area contributed by atoms with Crippen LogP contribution in [0.4, 0.5) is 5.82 Å². The number of carbonyl (C=O) groups excluding carboxylic acids is 1. The summed E-state index contributed by atoms with van der Waals surface area (Å²) in [4.78, 5) is 23.7. The Morgan fingerprint density at radius 3 is 2.84 bits per heavy atom. The standard InChI is InChI=1S/C18H25N5O2/c1-11-14(12(2)25-22-11)7-8-18(24)23-9-5-6-16(23)15-10-17(19-4)21-13(3)20-15/h10,16H,5-9H2,1-4H3,(H,19,20,21)/t16-/m0/s1. The Morgan fingerprint density at radius 1 is 1.36 bits per heavy atom. The molecule has 0 unspecified atom stereocenters. The van der Waals surface area contributed by atoms with E-state index in [0.717, 1.165) is 53.7 Å². The Kier molecular flexibility index (Phi) is 5.01. The van der Waals surface area contributed by atoms with E-state index < -0.39 is 0 Å². The smallest absolute Gasteiger partial charge is 0.223 e. The molecule has 0 aromatic carbocycles. The molecule has 0 radical (unpaired) electrons. The lowest BCUT2D eigenvalue weighted by Gasteiger charge is -2.25. The van der Waals surface area contributed by atoms with Crippen LogP contribution < -0.4 is 5.32 Å². The van der Waals surface area contributed by atoms with Crippen LogP contribution in [0.3, 0.4) is 0 Å². The lowest BCUT2D eigenvalue weighted by Crippen LogP contribution is -2.31. The van der Waals surface area contributed by atoms with Crippen molar-refractivity contribution in [2.75, 3.05) is 18.9 Å². The maximum Gasteiger partial charge on any atom is 0.223 e. The average Bonchev–Trinajstić information content (AvgIpc) is 3.20. The number of anilines is 1. The predicted octanol–water partition coefficient (Wildman–Crippen LogP) is 2.73. The number of nitrogens with zero attached hydrogens (tertiary/aromatic N) is 4. The van der Waals surface area contributed by atoms with E-state index in [9.17, 15) is 4.79 Å². The van der Waals surface area contributed by atoms with Crippen molar-refractivity contribution in [3.8, 4) is 0 Å². The zero-order chi connectivity index (χ0) is 18.0. The Hall–Kier alpha value is -2.44. The highest BCUT2D eigenvalue weighted by molar-refractivity contribution is 5.77. The number of rotatable bonds is 5. The number of amides is 1. The van der Waals surface area contributed by atoms with Crippen LogP contribution in [0.5, 0.6) is 0 Å². The highest BCUT2D eigenvalue weighted by Crippen LogP contribution is 2.32. The second kappa shape index (κ2) is 7.21. The highest BCUT2D eigenvalue weighted by Gasteiger charge is 2.31. The number of likely N-dealkylation sites (tertiary alicyclic amines) is 1. The first-order valence-corrected chi connectivity index (χ1v) is 8.74. The maximum atomic E-state index is 12.8. The molecule has 1 amide bonds. The van der Waals surface area contributed by atoms with Crippen LogP contribution in [0.25, 0.3) is 0 Å². The fourth-order valence-corrected chi connectivity index (χ4v) is 3.50. The van der Waals surface area contributed by atoms with Crippen molar-refractivity contribution in [1.82, 2.24) is 20.0 Å². The minimum Gasteiger partial charge on any atom is -0.373 e. The molecule has 1 aliphatic heterocycles. The van der Waals surface area contributed by atoms with Crippen LogP contribution in [-0.2, 0) is 11.2 Å². The number of hydrogen-bond donors (Lipinski definition) is 1. The van der Waals surface area contributed by atoms with E-state index in [1.807, 2.05) is 38.8 Å². The molecular weight excluding hydrogens is 318 g/mol. The fraction of sp³-hybridized carbons (Fsp3) is 0.556. The molecule has 2 aromatic heterocycles. The molecule has 1 atom stereocenters. The Balaban J connectivity index is 1.73. The van der Waals surface area contributed by atoms with Gasteiger partial charge in [0, 0.05) is 31.6 Å². The third kappa shape index (κ3) is 3.65. The van der Waals surface area contributed by atoms with Gasteiger partial charge < -0.3 is 14.7 Å². The molecule has 0 spiro atoms. The summed E-state index contributed by atoms with van der Waals surface area (Å²) in [6.07, 6.45) is 3.06. The molecule has 1 saturated heterocycles. The molecule has 0 saturated carbocycles. The first-order chi connectivity index (χ1) is 12.0. The number of aromatic nitrogens is 3. The van der Waals surface area contributed by atoms with Gasteiger partial charge in [-0.15, -0.1) is 0 Å². The van der Waals surface area contributed by atoms with Gasteiger partial charge >= 0.3 is 0 Å². The van der Waals surface area contributed by atoms with Gasteiger partial charge in [-0.25, -0.2) is 9.97 Å². The normalized spacial score (nSPS) is 17.1. The van der Waals surface area contributed by atoms with Gasteiger partial charge in [-0.1, -0.05) is 5.16 Å². The summed E-state index contributed by atoms with van der Waals surface area (Å²) in [6, 6.07) is 1.98. The predicted molar refractivity (Wildman–Crippen MR) is 94.3 cm³/mol. The summed E-state index contributed by atoms with van der Waals surface area (Å²) in [5.41, 5.74) is 2.83. The van der Waals surface area contributed by atoms with Gasteiger partial charge in [0.25, 0.3) is 0 Å². The van der Waals surface area contributed by atoms with Crippen LogP contribution in [0.1, 0.15) is 53.8 Å². The van der Waals surface area contributed by atoms with Crippen LogP contribution in [0.15, 0.2) is 10.6 Å². The first kappa shape index (κ1) is 17.4. The number of hydrogen-bond acceptors (Lipinski definition) is 6. The summed E-state index contributed by atoms with van der Waals surface area (Å²) < 4.78 is 5.18. The fourth-order valence-electron chi connectivity index (χ4n) is 3.50. The quantitative estimate of drug-likeness (QED) is 0.898. The van der Waals surface area contributed by atoms with E-state index in [0.29, 0.717) is 12.8 Å². The SMILES string of the molecule is CNc1cc([C@@H]2CCCN2C(=O)CCc2c(C)noc2C)nc(C)n1. The van der Waals surface area contributed by atoms with Crippen molar-refractivity contribution in [3.05, 3.63) is 34.6 Å². The van der Waals surface area contributed by atoms with Gasteiger partial charge in [0.05, 0.1) is 17.4 Å². The van der Waals surface area contributed by atoms with Gasteiger partial charge in [-0.05, 0) is 40.0 Å². The summed E-state index contributed by atoms with van der Waals surface area (Å²) in [5, 5.41) is 7.02. The molecule has 1 N–H and O–H groups in total. The Labute approximate surface area is 147 Å². The molecule has 1 aliphatic rings. The van der Waals surface area contributed by atoms with E-state index in [1.165, 1.54) is 0 Å². The zero-order valence-electron chi connectivity index (χ0n) is 15.3. The van der Waals surface area contributed by atoms with E-state index >= 15 is 0 Å². The monoisotopic (exact) mass is 343 g/mol. The molecule has 3 heterocycles. The van der Waals surface area contributed by atoms with Gasteiger partial charge in [-0.3, -0.25) is 4.79 Å². The summed E-state index contributed by atoms with van der Waals surface area (Å²) >= 11 is 0. The average molecular weight is 343 g/mol. The molecule has 7 heteroatoms. The molecule has 0 aliphatic carbocycles. The minimum absolute atomic E-state index is 0.0333. The Bertz CT molecular complexity index is 751.